The van der Waals surface area contributed by atoms with Crippen LogP contribution in [0, 0.1) is 0 Å². The van der Waals surface area contributed by atoms with Crippen molar-refractivity contribution in [2.75, 3.05) is 0 Å². The molecule has 0 aliphatic carbocycles. The van der Waals surface area contributed by atoms with E-state index in [1.807, 2.05) is 5.32 Å². The molecule has 94 valence electrons. The molecule has 1 amide bonds. The first-order chi connectivity index (χ1) is 7.35. The number of carboxylic acid groups (broad SMARTS) is 1. The lowest BCUT2D eigenvalue weighted by atomic mass is 10.1. The lowest BCUT2D eigenvalue weighted by Gasteiger charge is -2.18. The number of carboxylic acids is 1. The Bertz CT molecular complexity index is 256. The maximum absolute atomic E-state index is 13.2. The van der Waals surface area contributed by atoms with Crippen LogP contribution in [-0.4, -0.2) is 28.9 Å². The number of aliphatic carboxylic acids is 1. The second-order valence-corrected chi connectivity index (χ2v) is 3.58. The first-order valence-corrected chi connectivity index (χ1v) is 5.26. The van der Waals surface area contributed by atoms with E-state index in [1.54, 1.807) is 6.92 Å². The van der Waals surface area contributed by atoms with Gasteiger partial charge in [0.15, 0.2) is 0 Å². The molecule has 4 nitrogen and oxygen atoms in total. The fourth-order valence-corrected chi connectivity index (χ4v) is 1.11. The Labute approximate surface area is 93.0 Å². The topological polar surface area (TPSA) is 66.4 Å². The molecule has 0 fully saturated rings. The van der Waals surface area contributed by atoms with Crippen LogP contribution in [0.3, 0.4) is 0 Å². The molecule has 0 bridgehead atoms. The summed E-state index contributed by atoms with van der Waals surface area (Å²) < 4.78 is 26.3. The highest BCUT2D eigenvalue weighted by Gasteiger charge is 2.39. The molecule has 0 saturated carbocycles. The Morgan fingerprint density at radius 1 is 1.38 bits per heavy atom. The zero-order chi connectivity index (χ0) is 12.8. The predicted molar refractivity (Wildman–Crippen MR) is 54.3 cm³/mol. The standard InChI is InChI=1S/C10H17F2NO3/c1-3-5-6-10(11,12)9(16)13-7(4-2)8(14)15/h7H,3-6H2,1-2H3,(H,13,16)(H,14,15). The van der Waals surface area contributed by atoms with Crippen molar-refractivity contribution in [3.8, 4) is 0 Å². The van der Waals surface area contributed by atoms with E-state index >= 15 is 0 Å². The number of unbranched alkanes of at least 4 members (excludes halogenated alkanes) is 1. The van der Waals surface area contributed by atoms with Crippen molar-refractivity contribution in [2.24, 2.45) is 0 Å². The zero-order valence-electron chi connectivity index (χ0n) is 9.43. The van der Waals surface area contributed by atoms with Gasteiger partial charge < -0.3 is 10.4 Å². The number of carbonyl (C=O) groups excluding carboxylic acids is 1. The van der Waals surface area contributed by atoms with Gasteiger partial charge in [-0.05, 0) is 12.8 Å². The van der Waals surface area contributed by atoms with Crippen LogP contribution < -0.4 is 5.32 Å². The van der Waals surface area contributed by atoms with Crippen LogP contribution in [0.1, 0.15) is 39.5 Å². The Hall–Kier alpha value is -1.20. The zero-order valence-corrected chi connectivity index (χ0v) is 9.43. The molecule has 0 heterocycles. The number of carbonyl (C=O) groups is 2. The van der Waals surface area contributed by atoms with Gasteiger partial charge in [-0.2, -0.15) is 8.78 Å². The van der Waals surface area contributed by atoms with Crippen molar-refractivity contribution in [3.05, 3.63) is 0 Å². The minimum Gasteiger partial charge on any atom is -0.480 e. The Kier molecular flexibility index (Phi) is 5.92. The van der Waals surface area contributed by atoms with Crippen LogP contribution >= 0.6 is 0 Å². The van der Waals surface area contributed by atoms with Crippen LogP contribution in [0.2, 0.25) is 0 Å². The van der Waals surface area contributed by atoms with Crippen molar-refractivity contribution in [1.29, 1.82) is 0 Å². The molecule has 0 aromatic rings. The van der Waals surface area contributed by atoms with Gasteiger partial charge in [-0.15, -0.1) is 0 Å². The number of halogens is 2. The van der Waals surface area contributed by atoms with E-state index in [1.165, 1.54) is 6.92 Å². The average Bonchev–Trinajstić information content (AvgIpc) is 2.22. The van der Waals surface area contributed by atoms with Gasteiger partial charge in [-0.1, -0.05) is 20.3 Å². The monoisotopic (exact) mass is 237 g/mol. The highest BCUT2D eigenvalue weighted by Crippen LogP contribution is 2.21. The number of alkyl halides is 2. The molecule has 2 N–H and O–H groups in total. The fraction of sp³-hybridized carbons (Fsp3) is 0.800. The first kappa shape index (κ1) is 14.8. The molecule has 0 spiro atoms. The summed E-state index contributed by atoms with van der Waals surface area (Å²) in [5.74, 6) is -6.30. The van der Waals surface area contributed by atoms with Gasteiger partial charge in [-0.3, -0.25) is 4.79 Å². The normalized spacial score (nSPS) is 13.2. The summed E-state index contributed by atoms with van der Waals surface area (Å²) in [6.45, 7) is 3.24. The summed E-state index contributed by atoms with van der Waals surface area (Å²) in [5, 5.41) is 10.4. The van der Waals surface area contributed by atoms with E-state index in [-0.39, 0.29) is 12.8 Å². The smallest absolute Gasteiger partial charge is 0.326 e. The highest BCUT2D eigenvalue weighted by molar-refractivity contribution is 5.87. The first-order valence-electron chi connectivity index (χ1n) is 5.26. The van der Waals surface area contributed by atoms with Crippen LogP contribution in [0.15, 0.2) is 0 Å². The van der Waals surface area contributed by atoms with Crippen molar-refractivity contribution in [1.82, 2.24) is 5.32 Å². The summed E-state index contributed by atoms with van der Waals surface area (Å²) in [6.07, 6.45) is 0.305. The SMILES string of the molecule is CCCCC(F)(F)C(=O)NC(CC)C(=O)O. The van der Waals surface area contributed by atoms with Gasteiger partial charge in [0, 0.05) is 6.42 Å². The molecule has 6 heteroatoms. The van der Waals surface area contributed by atoms with Crippen LogP contribution in [0.5, 0.6) is 0 Å². The van der Waals surface area contributed by atoms with Gasteiger partial charge in [-0.25, -0.2) is 4.79 Å². The van der Waals surface area contributed by atoms with Gasteiger partial charge in [0.05, 0.1) is 0 Å². The molecule has 0 aliphatic heterocycles. The molecule has 0 saturated heterocycles. The summed E-state index contributed by atoms with van der Waals surface area (Å²) >= 11 is 0. The number of rotatable bonds is 7. The number of hydrogen-bond acceptors (Lipinski definition) is 2. The number of amides is 1. The summed E-state index contributed by atoms with van der Waals surface area (Å²) in [7, 11) is 0. The molecule has 0 aromatic carbocycles. The molecule has 0 rings (SSSR count). The van der Waals surface area contributed by atoms with E-state index in [2.05, 4.69) is 0 Å². The third kappa shape index (κ3) is 4.55. The minimum absolute atomic E-state index is 0.0743. The lowest BCUT2D eigenvalue weighted by molar-refractivity contribution is -0.152. The van der Waals surface area contributed by atoms with E-state index in [9.17, 15) is 18.4 Å². The molecule has 0 radical (unpaired) electrons. The second kappa shape index (κ2) is 6.40. The van der Waals surface area contributed by atoms with Crippen molar-refractivity contribution >= 4 is 11.9 Å². The van der Waals surface area contributed by atoms with E-state index in [0.717, 1.165) is 0 Å². The van der Waals surface area contributed by atoms with Gasteiger partial charge in [0.2, 0.25) is 0 Å². The van der Waals surface area contributed by atoms with E-state index in [4.69, 9.17) is 5.11 Å². The predicted octanol–water partition coefficient (Wildman–Crippen LogP) is 1.79. The third-order valence-electron chi connectivity index (χ3n) is 2.19. The van der Waals surface area contributed by atoms with Crippen LogP contribution in [-0.2, 0) is 9.59 Å². The molecule has 1 unspecified atom stereocenters. The van der Waals surface area contributed by atoms with E-state index in [0.29, 0.717) is 6.42 Å². The maximum atomic E-state index is 13.2. The van der Waals surface area contributed by atoms with Gasteiger partial charge >= 0.3 is 11.9 Å². The van der Waals surface area contributed by atoms with Crippen LogP contribution in [0.4, 0.5) is 8.78 Å². The third-order valence-corrected chi connectivity index (χ3v) is 2.19. The molecular weight excluding hydrogens is 220 g/mol. The van der Waals surface area contributed by atoms with Gasteiger partial charge in [0.25, 0.3) is 5.91 Å². The van der Waals surface area contributed by atoms with Crippen molar-refractivity contribution < 1.29 is 23.5 Å². The van der Waals surface area contributed by atoms with Crippen molar-refractivity contribution in [3.63, 3.8) is 0 Å². The largest absolute Gasteiger partial charge is 0.480 e. The molecule has 0 aromatic heterocycles. The Morgan fingerprint density at radius 3 is 2.31 bits per heavy atom. The second-order valence-electron chi connectivity index (χ2n) is 3.58. The minimum atomic E-state index is -3.49. The Morgan fingerprint density at radius 2 is 1.94 bits per heavy atom. The highest BCUT2D eigenvalue weighted by atomic mass is 19.3. The average molecular weight is 237 g/mol. The number of nitrogens with one attached hydrogen (secondary N) is 1. The van der Waals surface area contributed by atoms with Crippen molar-refractivity contribution in [2.45, 2.75) is 51.5 Å². The lowest BCUT2D eigenvalue weighted by Crippen LogP contribution is -2.48. The molecule has 16 heavy (non-hydrogen) atoms. The van der Waals surface area contributed by atoms with E-state index < -0.39 is 30.3 Å². The molecular formula is C10H17F2NO3. The van der Waals surface area contributed by atoms with Crippen LogP contribution in [0.25, 0.3) is 0 Å². The molecule has 0 aliphatic rings. The Balaban J connectivity index is 4.37. The maximum Gasteiger partial charge on any atom is 0.326 e. The molecule has 1 atom stereocenters. The summed E-state index contributed by atoms with van der Waals surface area (Å²) in [5.41, 5.74) is 0. The quantitative estimate of drug-likeness (QED) is 0.709. The number of hydrogen-bond donors (Lipinski definition) is 2. The summed E-state index contributed by atoms with van der Waals surface area (Å²) in [6, 6.07) is -1.25. The summed E-state index contributed by atoms with van der Waals surface area (Å²) in [4.78, 5) is 21.7. The fourth-order valence-electron chi connectivity index (χ4n) is 1.11. The van der Waals surface area contributed by atoms with Gasteiger partial charge in [0.1, 0.15) is 6.04 Å².